The number of aromatic nitrogens is 1. The lowest BCUT2D eigenvalue weighted by molar-refractivity contribution is 0.568. The van der Waals surface area contributed by atoms with Crippen molar-refractivity contribution in [3.63, 3.8) is 0 Å². The third-order valence-corrected chi connectivity index (χ3v) is 6.93. The Hall–Kier alpha value is -1.53. The monoisotopic (exact) mass is 394 g/mol. The fraction of sp³-hybridized carbons (Fsp3) is 0.222. The Morgan fingerprint density at radius 1 is 1.12 bits per heavy atom. The maximum Gasteiger partial charge on any atom is 0.242 e. The van der Waals surface area contributed by atoms with Crippen LogP contribution in [0.15, 0.2) is 53.6 Å². The van der Waals surface area contributed by atoms with Crippen LogP contribution in [0.4, 0.5) is 0 Å². The van der Waals surface area contributed by atoms with Gasteiger partial charge in [-0.1, -0.05) is 35.3 Å². The Labute approximate surface area is 156 Å². The van der Waals surface area contributed by atoms with E-state index in [0.29, 0.717) is 11.6 Å². The van der Waals surface area contributed by atoms with Crippen molar-refractivity contribution < 1.29 is 8.42 Å². The molecule has 0 aliphatic heterocycles. The van der Waals surface area contributed by atoms with Crippen LogP contribution in [-0.2, 0) is 15.4 Å². The Kier molecular flexibility index (Phi) is 4.07. The van der Waals surface area contributed by atoms with Crippen LogP contribution < -0.4 is 4.72 Å². The second-order valence-corrected chi connectivity index (χ2v) is 9.01. The molecule has 1 aliphatic rings. The number of H-pyrrole nitrogens is 1. The number of hydrogen-bond donors (Lipinski definition) is 2. The highest BCUT2D eigenvalue weighted by atomic mass is 35.5. The van der Waals surface area contributed by atoms with E-state index in [1.165, 1.54) is 6.07 Å². The van der Waals surface area contributed by atoms with Gasteiger partial charge >= 0.3 is 0 Å². The zero-order chi connectivity index (χ0) is 17.7. The molecule has 3 aromatic rings. The van der Waals surface area contributed by atoms with E-state index >= 15 is 0 Å². The van der Waals surface area contributed by atoms with Gasteiger partial charge in [-0.05, 0) is 48.7 Å². The van der Waals surface area contributed by atoms with Crippen molar-refractivity contribution in [1.82, 2.24) is 9.71 Å². The predicted octanol–water partition coefficient (Wildman–Crippen LogP) is 4.48. The molecule has 4 rings (SSSR count). The smallest absolute Gasteiger partial charge is 0.242 e. The molecule has 0 amide bonds. The third kappa shape index (κ3) is 3.06. The summed E-state index contributed by atoms with van der Waals surface area (Å²) < 4.78 is 27.9. The molecule has 1 aliphatic carbocycles. The van der Waals surface area contributed by atoms with Gasteiger partial charge in [-0.2, -0.15) is 0 Å². The molecular formula is C18H16Cl2N2O2S. The molecule has 1 aromatic heterocycles. The highest BCUT2D eigenvalue weighted by Crippen LogP contribution is 2.50. The van der Waals surface area contributed by atoms with Crippen LogP contribution in [0.5, 0.6) is 0 Å². The van der Waals surface area contributed by atoms with Gasteiger partial charge in [0.25, 0.3) is 0 Å². The quantitative estimate of drug-likeness (QED) is 0.669. The summed E-state index contributed by atoms with van der Waals surface area (Å²) in [6.07, 6.45) is 3.81. The summed E-state index contributed by atoms with van der Waals surface area (Å²) in [5.74, 6) is 0. The van der Waals surface area contributed by atoms with E-state index in [2.05, 4.69) is 9.71 Å². The third-order valence-electron chi connectivity index (χ3n) is 4.80. The van der Waals surface area contributed by atoms with Crippen molar-refractivity contribution in [2.24, 2.45) is 0 Å². The van der Waals surface area contributed by atoms with E-state index in [4.69, 9.17) is 23.2 Å². The molecule has 25 heavy (non-hydrogen) atoms. The molecule has 0 saturated heterocycles. The molecule has 130 valence electrons. The maximum atomic E-state index is 12.6. The van der Waals surface area contributed by atoms with Gasteiger partial charge in [0, 0.05) is 34.1 Å². The molecule has 0 radical (unpaired) electrons. The molecule has 0 unspecified atom stereocenters. The van der Waals surface area contributed by atoms with Gasteiger partial charge in [0.1, 0.15) is 4.90 Å². The number of aromatic amines is 1. The Morgan fingerprint density at radius 2 is 1.88 bits per heavy atom. The number of benzene rings is 2. The molecule has 0 spiro atoms. The second-order valence-electron chi connectivity index (χ2n) is 6.43. The fourth-order valence-electron chi connectivity index (χ4n) is 3.20. The van der Waals surface area contributed by atoms with E-state index in [-0.39, 0.29) is 15.3 Å². The van der Waals surface area contributed by atoms with Crippen molar-refractivity contribution in [2.45, 2.75) is 23.2 Å². The molecule has 1 heterocycles. The van der Waals surface area contributed by atoms with Gasteiger partial charge in [0.2, 0.25) is 10.0 Å². The van der Waals surface area contributed by atoms with Crippen LogP contribution in [-0.4, -0.2) is 19.9 Å². The highest BCUT2D eigenvalue weighted by molar-refractivity contribution is 7.89. The number of halogens is 2. The lowest BCUT2D eigenvalue weighted by atomic mass is 9.96. The Morgan fingerprint density at radius 3 is 2.60 bits per heavy atom. The maximum absolute atomic E-state index is 12.6. The van der Waals surface area contributed by atoms with E-state index in [9.17, 15) is 8.42 Å². The van der Waals surface area contributed by atoms with E-state index in [1.54, 1.807) is 18.2 Å². The number of nitrogens with one attached hydrogen (secondary N) is 2. The van der Waals surface area contributed by atoms with Crippen LogP contribution in [0.25, 0.3) is 10.9 Å². The average Bonchev–Trinajstić information content (AvgIpc) is 3.26. The molecule has 1 saturated carbocycles. The van der Waals surface area contributed by atoms with Crippen molar-refractivity contribution in [2.75, 3.05) is 6.54 Å². The second kappa shape index (κ2) is 6.02. The predicted molar refractivity (Wildman–Crippen MR) is 101 cm³/mol. The van der Waals surface area contributed by atoms with Crippen LogP contribution in [0.1, 0.15) is 18.4 Å². The minimum atomic E-state index is -3.65. The van der Waals surface area contributed by atoms with Gasteiger partial charge in [0.05, 0.1) is 5.02 Å². The molecule has 0 atom stereocenters. The molecular weight excluding hydrogens is 379 g/mol. The van der Waals surface area contributed by atoms with Crippen LogP contribution >= 0.6 is 23.2 Å². The molecule has 7 heteroatoms. The van der Waals surface area contributed by atoms with Crippen molar-refractivity contribution >= 4 is 44.1 Å². The van der Waals surface area contributed by atoms with Crippen LogP contribution in [0.3, 0.4) is 0 Å². The lowest BCUT2D eigenvalue weighted by Gasteiger charge is -2.16. The first-order valence-electron chi connectivity index (χ1n) is 7.93. The largest absolute Gasteiger partial charge is 0.361 e. The first kappa shape index (κ1) is 16.9. The van der Waals surface area contributed by atoms with Crippen LogP contribution in [0.2, 0.25) is 10.0 Å². The van der Waals surface area contributed by atoms with Gasteiger partial charge in [0.15, 0.2) is 0 Å². The summed E-state index contributed by atoms with van der Waals surface area (Å²) in [7, 11) is -3.65. The normalized spacial score (nSPS) is 16.2. The number of hydrogen-bond acceptors (Lipinski definition) is 2. The summed E-state index contributed by atoms with van der Waals surface area (Å²) in [6.45, 7) is 0.333. The standard InChI is InChI=1S/C18H16Cl2N2O2S/c19-12-5-6-16-13(9-12)14(10-21-16)18(7-8-18)11-22-25(23,24)17-4-2-1-3-15(17)20/h1-6,9-10,21-22H,7-8,11H2. The van der Waals surface area contributed by atoms with E-state index in [1.807, 2.05) is 24.4 Å². The van der Waals surface area contributed by atoms with Gasteiger partial charge < -0.3 is 4.98 Å². The minimum Gasteiger partial charge on any atom is -0.361 e. The van der Waals surface area contributed by atoms with Crippen LogP contribution in [0, 0.1) is 0 Å². The molecule has 4 nitrogen and oxygen atoms in total. The first-order chi connectivity index (χ1) is 11.9. The van der Waals surface area contributed by atoms with E-state index in [0.717, 1.165) is 29.3 Å². The molecule has 2 aromatic carbocycles. The fourth-order valence-corrected chi connectivity index (χ4v) is 5.01. The van der Waals surface area contributed by atoms with Gasteiger partial charge in [-0.25, -0.2) is 13.1 Å². The molecule has 0 bridgehead atoms. The SMILES string of the molecule is O=S(=O)(NCC1(c2c[nH]c3ccc(Cl)cc23)CC1)c1ccccc1Cl. The minimum absolute atomic E-state index is 0.106. The Balaban J connectivity index is 1.62. The summed E-state index contributed by atoms with van der Waals surface area (Å²) in [5, 5.41) is 1.93. The van der Waals surface area contributed by atoms with Crippen molar-refractivity contribution in [3.8, 4) is 0 Å². The lowest BCUT2D eigenvalue weighted by Crippen LogP contribution is -2.32. The van der Waals surface area contributed by atoms with Crippen molar-refractivity contribution in [3.05, 3.63) is 64.3 Å². The number of fused-ring (bicyclic) bond motifs is 1. The van der Waals surface area contributed by atoms with Gasteiger partial charge in [-0.15, -0.1) is 0 Å². The molecule has 1 fully saturated rings. The zero-order valence-corrected chi connectivity index (χ0v) is 15.5. The zero-order valence-electron chi connectivity index (χ0n) is 13.2. The summed E-state index contributed by atoms with van der Waals surface area (Å²) in [5.41, 5.74) is 1.91. The summed E-state index contributed by atoms with van der Waals surface area (Å²) >= 11 is 12.2. The summed E-state index contributed by atoms with van der Waals surface area (Å²) in [6, 6.07) is 12.1. The van der Waals surface area contributed by atoms with Gasteiger partial charge in [-0.3, -0.25) is 0 Å². The number of rotatable bonds is 5. The number of sulfonamides is 1. The average molecular weight is 395 g/mol. The van der Waals surface area contributed by atoms with Crippen molar-refractivity contribution in [1.29, 1.82) is 0 Å². The molecule has 2 N–H and O–H groups in total. The Bertz CT molecular complexity index is 1060. The first-order valence-corrected chi connectivity index (χ1v) is 10.2. The highest BCUT2D eigenvalue weighted by Gasteiger charge is 2.46. The summed E-state index contributed by atoms with van der Waals surface area (Å²) in [4.78, 5) is 3.35. The topological polar surface area (TPSA) is 62.0 Å². The van der Waals surface area contributed by atoms with E-state index < -0.39 is 10.0 Å².